The molecular formula is C16H20F4N2O2. The number of nitrogens with zero attached hydrogens (tertiary/aromatic N) is 2. The Morgan fingerprint density at radius 1 is 1.08 bits per heavy atom. The van der Waals surface area contributed by atoms with Crippen LogP contribution >= 0.6 is 0 Å². The summed E-state index contributed by atoms with van der Waals surface area (Å²) < 4.78 is 51.7. The van der Waals surface area contributed by atoms with Crippen LogP contribution in [0.2, 0.25) is 0 Å². The maximum absolute atomic E-state index is 14.0. The van der Waals surface area contributed by atoms with Crippen molar-refractivity contribution in [1.82, 2.24) is 5.06 Å². The number of anilines is 1. The van der Waals surface area contributed by atoms with Gasteiger partial charge in [-0.05, 0) is 39.0 Å². The Morgan fingerprint density at radius 2 is 1.67 bits per heavy atom. The van der Waals surface area contributed by atoms with E-state index in [0.717, 1.165) is 12.1 Å². The highest BCUT2D eigenvalue weighted by Gasteiger charge is 2.32. The molecule has 1 fully saturated rings. The van der Waals surface area contributed by atoms with E-state index in [-0.39, 0.29) is 11.7 Å². The second-order valence-electron chi connectivity index (χ2n) is 6.71. The quantitative estimate of drug-likeness (QED) is 0.766. The standard InChI is InChI=1S/C16H20F4N2O2/c1-15(2,3)14(23)24-22-8-6-21(7-9-22)13-5-4-11(10-12(13)17)16(18,19)20/h4-5,10H,6-9H2,1-3H3. The van der Waals surface area contributed by atoms with Crippen molar-refractivity contribution in [1.29, 1.82) is 0 Å². The maximum atomic E-state index is 14.0. The van der Waals surface area contributed by atoms with Crippen LogP contribution in [0.5, 0.6) is 0 Å². The average molecular weight is 348 g/mol. The predicted molar refractivity (Wildman–Crippen MR) is 80.7 cm³/mol. The summed E-state index contributed by atoms with van der Waals surface area (Å²) in [4.78, 5) is 18.7. The Labute approximate surface area is 137 Å². The molecule has 0 spiro atoms. The van der Waals surface area contributed by atoms with E-state index in [4.69, 9.17) is 4.84 Å². The van der Waals surface area contributed by atoms with Crippen molar-refractivity contribution in [2.75, 3.05) is 31.1 Å². The molecule has 0 atom stereocenters. The van der Waals surface area contributed by atoms with Crippen LogP contribution in [0, 0.1) is 11.2 Å². The lowest BCUT2D eigenvalue weighted by molar-refractivity contribution is -0.201. The monoisotopic (exact) mass is 348 g/mol. The summed E-state index contributed by atoms with van der Waals surface area (Å²) >= 11 is 0. The summed E-state index contributed by atoms with van der Waals surface area (Å²) in [5.74, 6) is -1.28. The van der Waals surface area contributed by atoms with E-state index in [2.05, 4.69) is 0 Å². The zero-order valence-electron chi connectivity index (χ0n) is 13.8. The Bertz CT molecular complexity index is 603. The third kappa shape index (κ3) is 4.37. The minimum Gasteiger partial charge on any atom is -0.367 e. The zero-order valence-corrected chi connectivity index (χ0v) is 13.8. The van der Waals surface area contributed by atoms with Crippen molar-refractivity contribution in [3.05, 3.63) is 29.6 Å². The molecule has 1 aromatic carbocycles. The van der Waals surface area contributed by atoms with Crippen LogP contribution in [0.15, 0.2) is 18.2 Å². The molecule has 0 N–H and O–H groups in total. The number of piperazine rings is 1. The minimum absolute atomic E-state index is 0.116. The van der Waals surface area contributed by atoms with Crippen LogP contribution in [0.25, 0.3) is 0 Å². The topological polar surface area (TPSA) is 32.8 Å². The fraction of sp³-hybridized carbons (Fsp3) is 0.562. The lowest BCUT2D eigenvalue weighted by atomic mass is 9.98. The third-order valence-corrected chi connectivity index (χ3v) is 3.68. The second kappa shape index (κ2) is 6.58. The van der Waals surface area contributed by atoms with E-state index in [1.54, 1.807) is 25.7 Å². The van der Waals surface area contributed by atoms with Gasteiger partial charge in [-0.15, -0.1) is 5.06 Å². The minimum atomic E-state index is -4.57. The number of rotatable bonds is 2. The van der Waals surface area contributed by atoms with Gasteiger partial charge in [0.2, 0.25) is 0 Å². The summed E-state index contributed by atoms with van der Waals surface area (Å²) in [5, 5.41) is 1.49. The number of hydroxylamine groups is 2. The first kappa shape index (κ1) is 18.5. The van der Waals surface area contributed by atoms with Crippen LogP contribution in [0.4, 0.5) is 23.2 Å². The molecule has 0 saturated carbocycles. The largest absolute Gasteiger partial charge is 0.416 e. The molecule has 0 amide bonds. The molecule has 2 rings (SSSR count). The lowest BCUT2D eigenvalue weighted by Crippen LogP contribution is -2.48. The van der Waals surface area contributed by atoms with E-state index in [1.165, 1.54) is 5.06 Å². The number of carbonyl (C=O) groups is 1. The SMILES string of the molecule is CC(C)(C)C(=O)ON1CCN(c2ccc(C(F)(F)F)cc2F)CC1. The first-order valence-electron chi connectivity index (χ1n) is 7.57. The molecule has 0 unspecified atom stereocenters. The van der Waals surface area contributed by atoms with Crippen molar-refractivity contribution >= 4 is 11.7 Å². The summed E-state index contributed by atoms with van der Waals surface area (Å²) in [6.07, 6.45) is -4.57. The summed E-state index contributed by atoms with van der Waals surface area (Å²) in [6, 6.07) is 2.50. The van der Waals surface area contributed by atoms with Crippen molar-refractivity contribution in [3.8, 4) is 0 Å². The fourth-order valence-corrected chi connectivity index (χ4v) is 2.21. The smallest absolute Gasteiger partial charge is 0.367 e. The first-order valence-corrected chi connectivity index (χ1v) is 7.57. The number of halogens is 4. The van der Waals surface area contributed by atoms with Crippen molar-refractivity contribution in [2.45, 2.75) is 26.9 Å². The Kier molecular flexibility index (Phi) is 5.08. The molecule has 0 aliphatic carbocycles. The molecule has 0 aromatic heterocycles. The number of alkyl halides is 3. The van der Waals surface area contributed by atoms with Crippen molar-refractivity contribution < 1.29 is 27.2 Å². The molecule has 1 aromatic rings. The maximum Gasteiger partial charge on any atom is 0.416 e. The molecule has 0 bridgehead atoms. The molecule has 8 heteroatoms. The van der Waals surface area contributed by atoms with Crippen LogP contribution in [-0.4, -0.2) is 37.2 Å². The molecular weight excluding hydrogens is 328 g/mol. The number of carbonyl (C=O) groups excluding carboxylic acids is 1. The molecule has 0 radical (unpaired) electrons. The fourth-order valence-electron chi connectivity index (χ4n) is 2.21. The van der Waals surface area contributed by atoms with E-state index in [1.807, 2.05) is 0 Å². The zero-order chi connectivity index (χ0) is 18.1. The molecule has 1 aliphatic heterocycles. The second-order valence-corrected chi connectivity index (χ2v) is 6.71. The van der Waals surface area contributed by atoms with Crippen LogP contribution in [0.1, 0.15) is 26.3 Å². The molecule has 1 heterocycles. The summed E-state index contributed by atoms with van der Waals surface area (Å²) in [7, 11) is 0. The average Bonchev–Trinajstić information content (AvgIpc) is 2.46. The lowest BCUT2D eigenvalue weighted by Gasteiger charge is -2.35. The van der Waals surface area contributed by atoms with Crippen LogP contribution in [0.3, 0.4) is 0 Å². The van der Waals surface area contributed by atoms with E-state index in [9.17, 15) is 22.4 Å². The molecule has 1 saturated heterocycles. The van der Waals surface area contributed by atoms with Gasteiger partial charge in [0, 0.05) is 13.1 Å². The van der Waals surface area contributed by atoms with Gasteiger partial charge < -0.3 is 9.74 Å². The van der Waals surface area contributed by atoms with E-state index >= 15 is 0 Å². The van der Waals surface area contributed by atoms with Gasteiger partial charge in [-0.25, -0.2) is 9.18 Å². The predicted octanol–water partition coefficient (Wildman–Crippen LogP) is 3.47. The van der Waals surface area contributed by atoms with Crippen LogP contribution in [-0.2, 0) is 15.8 Å². The Balaban J connectivity index is 1.99. The highest BCUT2D eigenvalue weighted by atomic mass is 19.4. The van der Waals surface area contributed by atoms with Gasteiger partial charge in [-0.1, -0.05) is 0 Å². The summed E-state index contributed by atoms with van der Waals surface area (Å²) in [6.45, 7) is 6.61. The van der Waals surface area contributed by atoms with E-state index < -0.39 is 23.0 Å². The summed E-state index contributed by atoms with van der Waals surface area (Å²) in [5.41, 5.74) is -1.53. The first-order chi connectivity index (χ1) is 11.0. The van der Waals surface area contributed by atoms with Crippen LogP contribution < -0.4 is 4.90 Å². The van der Waals surface area contributed by atoms with Crippen molar-refractivity contribution in [3.63, 3.8) is 0 Å². The molecule has 1 aliphatic rings. The highest BCUT2D eigenvalue weighted by molar-refractivity contribution is 5.75. The van der Waals surface area contributed by atoms with Gasteiger partial charge in [-0.2, -0.15) is 13.2 Å². The number of hydrogen-bond acceptors (Lipinski definition) is 4. The number of hydrogen-bond donors (Lipinski definition) is 0. The van der Waals surface area contributed by atoms with E-state index in [0.29, 0.717) is 32.2 Å². The van der Waals surface area contributed by atoms with Crippen molar-refractivity contribution in [2.24, 2.45) is 5.41 Å². The normalized spacial score (nSPS) is 17.0. The third-order valence-electron chi connectivity index (χ3n) is 3.68. The van der Waals surface area contributed by atoms with Gasteiger partial charge in [0.05, 0.1) is 29.8 Å². The molecule has 4 nitrogen and oxygen atoms in total. The van der Waals surface area contributed by atoms with Gasteiger partial charge in [0.1, 0.15) is 5.82 Å². The van der Waals surface area contributed by atoms with Gasteiger partial charge in [0.15, 0.2) is 0 Å². The van der Waals surface area contributed by atoms with Gasteiger partial charge in [0.25, 0.3) is 0 Å². The number of benzene rings is 1. The molecule has 134 valence electrons. The Morgan fingerprint density at radius 3 is 2.12 bits per heavy atom. The van der Waals surface area contributed by atoms with Gasteiger partial charge in [-0.3, -0.25) is 0 Å². The molecule has 24 heavy (non-hydrogen) atoms. The Hall–Kier alpha value is -1.83. The van der Waals surface area contributed by atoms with Gasteiger partial charge >= 0.3 is 12.1 Å². The highest BCUT2D eigenvalue weighted by Crippen LogP contribution is 2.32.